The van der Waals surface area contributed by atoms with Crippen LogP contribution in [0.3, 0.4) is 0 Å². The predicted octanol–water partition coefficient (Wildman–Crippen LogP) is 3.83. The van der Waals surface area contributed by atoms with Crippen LogP contribution in [0.1, 0.15) is 24.2 Å². The molecule has 0 aliphatic rings. The molecule has 5 heteroatoms. The van der Waals surface area contributed by atoms with Crippen molar-refractivity contribution in [2.75, 3.05) is 7.11 Å². The van der Waals surface area contributed by atoms with Crippen LogP contribution in [0.15, 0.2) is 42.2 Å². The molecule has 0 aliphatic carbocycles. The third kappa shape index (κ3) is 4.35. The molecule has 0 bridgehead atoms. The summed E-state index contributed by atoms with van der Waals surface area (Å²) < 4.78 is 15.4. The molecule has 0 heterocycles. The molecule has 1 aromatic carbocycles. The maximum absolute atomic E-state index is 11.6. The average molecular weight is 294 g/mol. The van der Waals surface area contributed by atoms with Gasteiger partial charge in [-0.15, -0.1) is 12.6 Å². The largest absolute Gasteiger partial charge is 0.465 e. The van der Waals surface area contributed by atoms with Crippen molar-refractivity contribution < 1.29 is 19.0 Å². The van der Waals surface area contributed by atoms with E-state index in [2.05, 4.69) is 23.9 Å². The molecule has 0 atom stereocenters. The number of rotatable bonds is 6. The first-order valence-corrected chi connectivity index (χ1v) is 6.50. The van der Waals surface area contributed by atoms with E-state index in [0.29, 0.717) is 27.9 Å². The fraction of sp³-hybridized carbons (Fsp3) is 0.267. The van der Waals surface area contributed by atoms with Gasteiger partial charge in [-0.25, -0.2) is 4.79 Å². The summed E-state index contributed by atoms with van der Waals surface area (Å²) in [4.78, 5) is 12.1. The van der Waals surface area contributed by atoms with Crippen molar-refractivity contribution in [2.45, 2.75) is 18.7 Å². The van der Waals surface area contributed by atoms with Crippen LogP contribution in [0, 0.1) is 5.92 Å². The Morgan fingerprint density at radius 1 is 1.30 bits per heavy atom. The van der Waals surface area contributed by atoms with E-state index in [1.165, 1.54) is 19.4 Å². The Labute approximate surface area is 124 Å². The van der Waals surface area contributed by atoms with Crippen LogP contribution in [0.25, 0.3) is 0 Å². The number of carbonyl (C=O) groups excluding carboxylic acids is 1. The van der Waals surface area contributed by atoms with Crippen LogP contribution in [0.2, 0.25) is 0 Å². The summed E-state index contributed by atoms with van der Waals surface area (Å²) in [5.41, 5.74) is 0.315. The van der Waals surface area contributed by atoms with Gasteiger partial charge in [-0.2, -0.15) is 0 Å². The van der Waals surface area contributed by atoms with Crippen molar-refractivity contribution >= 4 is 18.6 Å². The average Bonchev–Trinajstić information content (AvgIpc) is 2.41. The van der Waals surface area contributed by atoms with Crippen LogP contribution in [-0.2, 0) is 4.74 Å². The molecule has 0 saturated heterocycles. The molecule has 0 aromatic heterocycles. The van der Waals surface area contributed by atoms with E-state index in [4.69, 9.17) is 9.47 Å². The Morgan fingerprint density at radius 2 is 1.90 bits per heavy atom. The second-order valence-electron chi connectivity index (χ2n) is 4.29. The molecule has 20 heavy (non-hydrogen) atoms. The molecule has 0 spiro atoms. The lowest BCUT2D eigenvalue weighted by Crippen LogP contribution is -2.02. The van der Waals surface area contributed by atoms with Gasteiger partial charge in [0.2, 0.25) is 0 Å². The molecule has 0 saturated carbocycles. The predicted molar refractivity (Wildman–Crippen MR) is 80.5 cm³/mol. The summed E-state index contributed by atoms with van der Waals surface area (Å²) >= 11 is 4.33. The summed E-state index contributed by atoms with van der Waals surface area (Å²) in [5.74, 6) is 0.653. The SMILES string of the molecule is C=COc1cc(C(=O)OC)cc(OC=CC(C)C)c1S. The van der Waals surface area contributed by atoms with Crippen LogP contribution < -0.4 is 9.47 Å². The van der Waals surface area contributed by atoms with Gasteiger partial charge in [0.1, 0.15) is 11.5 Å². The van der Waals surface area contributed by atoms with Gasteiger partial charge < -0.3 is 14.2 Å². The Balaban J connectivity index is 3.16. The van der Waals surface area contributed by atoms with Crippen LogP contribution in [-0.4, -0.2) is 13.1 Å². The second kappa shape index (κ2) is 7.65. The van der Waals surface area contributed by atoms with Gasteiger partial charge in [-0.3, -0.25) is 0 Å². The van der Waals surface area contributed by atoms with Gasteiger partial charge in [0.05, 0.1) is 30.1 Å². The zero-order valence-corrected chi connectivity index (χ0v) is 12.6. The number of hydrogen-bond acceptors (Lipinski definition) is 5. The van der Waals surface area contributed by atoms with Gasteiger partial charge in [-0.1, -0.05) is 20.4 Å². The fourth-order valence-corrected chi connectivity index (χ4v) is 1.59. The number of methoxy groups -OCH3 is 1. The van der Waals surface area contributed by atoms with Gasteiger partial charge in [0, 0.05) is 0 Å². The Kier molecular flexibility index (Phi) is 6.18. The zero-order chi connectivity index (χ0) is 15.1. The number of benzene rings is 1. The standard InChI is InChI=1S/C15H18O4S/c1-5-18-12-8-11(15(16)17-4)9-13(14(12)20)19-7-6-10(2)3/h5-10,20H,1H2,2-4H3. The van der Waals surface area contributed by atoms with E-state index in [-0.39, 0.29) is 0 Å². The lowest BCUT2D eigenvalue weighted by Gasteiger charge is -2.11. The topological polar surface area (TPSA) is 44.8 Å². The van der Waals surface area contributed by atoms with Crippen molar-refractivity contribution in [1.82, 2.24) is 0 Å². The molecule has 1 rings (SSSR count). The first kappa shape index (κ1) is 16.2. The van der Waals surface area contributed by atoms with E-state index >= 15 is 0 Å². The van der Waals surface area contributed by atoms with Crippen molar-refractivity contribution in [3.05, 3.63) is 42.9 Å². The highest BCUT2D eigenvalue weighted by Crippen LogP contribution is 2.34. The van der Waals surface area contributed by atoms with Crippen LogP contribution in [0.4, 0.5) is 0 Å². The molecular weight excluding hydrogens is 276 g/mol. The van der Waals surface area contributed by atoms with Gasteiger partial charge >= 0.3 is 5.97 Å². The monoisotopic (exact) mass is 294 g/mol. The molecule has 108 valence electrons. The highest BCUT2D eigenvalue weighted by Gasteiger charge is 2.15. The number of ether oxygens (including phenoxy) is 3. The fourth-order valence-electron chi connectivity index (χ4n) is 1.36. The molecule has 4 nitrogen and oxygen atoms in total. The number of carbonyl (C=O) groups is 1. The zero-order valence-electron chi connectivity index (χ0n) is 11.8. The summed E-state index contributed by atoms with van der Waals surface area (Å²) in [6.07, 6.45) is 4.69. The quantitative estimate of drug-likeness (QED) is 0.492. The summed E-state index contributed by atoms with van der Waals surface area (Å²) in [6.45, 7) is 7.53. The second-order valence-corrected chi connectivity index (χ2v) is 4.73. The highest BCUT2D eigenvalue weighted by atomic mass is 32.1. The minimum Gasteiger partial charge on any atom is -0.465 e. The molecule has 0 aliphatic heterocycles. The normalized spacial score (nSPS) is 10.7. The number of allylic oxidation sites excluding steroid dienone is 1. The molecule has 0 unspecified atom stereocenters. The summed E-state index contributed by atoms with van der Waals surface area (Å²) in [6, 6.07) is 3.07. The van der Waals surface area contributed by atoms with Crippen molar-refractivity contribution in [1.29, 1.82) is 0 Å². The molecule has 0 N–H and O–H groups in total. The number of hydrogen-bond donors (Lipinski definition) is 1. The number of esters is 1. The Bertz CT molecular complexity index is 521. The molecule has 1 aromatic rings. The first-order chi connectivity index (χ1) is 9.49. The van der Waals surface area contributed by atoms with Crippen LogP contribution >= 0.6 is 12.6 Å². The van der Waals surface area contributed by atoms with Gasteiger partial charge in [0.15, 0.2) is 0 Å². The van der Waals surface area contributed by atoms with Gasteiger partial charge in [-0.05, 0) is 24.1 Å². The van der Waals surface area contributed by atoms with E-state index in [1.807, 2.05) is 19.9 Å². The lowest BCUT2D eigenvalue weighted by atomic mass is 10.2. The molecule has 0 fully saturated rings. The highest BCUT2D eigenvalue weighted by molar-refractivity contribution is 7.80. The maximum atomic E-state index is 11.6. The third-order valence-corrected chi connectivity index (χ3v) is 2.77. The van der Waals surface area contributed by atoms with E-state index in [0.717, 1.165) is 0 Å². The van der Waals surface area contributed by atoms with Crippen molar-refractivity contribution in [2.24, 2.45) is 5.92 Å². The van der Waals surface area contributed by atoms with Gasteiger partial charge in [0.25, 0.3) is 0 Å². The Hall–Kier alpha value is -1.88. The van der Waals surface area contributed by atoms with Crippen molar-refractivity contribution in [3.8, 4) is 11.5 Å². The van der Waals surface area contributed by atoms with E-state index in [1.54, 1.807) is 12.3 Å². The lowest BCUT2D eigenvalue weighted by molar-refractivity contribution is 0.0600. The maximum Gasteiger partial charge on any atom is 0.338 e. The molecular formula is C15H18O4S. The van der Waals surface area contributed by atoms with E-state index in [9.17, 15) is 4.79 Å². The van der Waals surface area contributed by atoms with Crippen LogP contribution in [0.5, 0.6) is 11.5 Å². The minimum atomic E-state index is -0.482. The first-order valence-electron chi connectivity index (χ1n) is 6.05. The molecule has 0 amide bonds. The summed E-state index contributed by atoms with van der Waals surface area (Å²) in [5, 5.41) is 0. The molecule has 0 radical (unpaired) electrons. The third-order valence-electron chi connectivity index (χ3n) is 2.33. The number of thiol groups is 1. The van der Waals surface area contributed by atoms with Crippen molar-refractivity contribution in [3.63, 3.8) is 0 Å². The Morgan fingerprint density at radius 3 is 2.40 bits per heavy atom. The smallest absolute Gasteiger partial charge is 0.338 e. The minimum absolute atomic E-state index is 0.315. The van der Waals surface area contributed by atoms with E-state index < -0.39 is 5.97 Å². The summed E-state index contributed by atoms with van der Waals surface area (Å²) in [7, 11) is 1.31.